The predicted molar refractivity (Wildman–Crippen MR) is 155 cm³/mol. The van der Waals surface area contributed by atoms with E-state index < -0.39 is 0 Å². The minimum Gasteiger partial charge on any atom is -0.368 e. The molecular formula is C31H30ClFN4O2. The van der Waals surface area contributed by atoms with Crippen LogP contribution in [0.25, 0.3) is 22.0 Å². The molecule has 0 unspecified atom stereocenters. The van der Waals surface area contributed by atoms with Crippen molar-refractivity contribution in [2.45, 2.75) is 12.8 Å². The monoisotopic (exact) mass is 544 g/mol. The van der Waals surface area contributed by atoms with Gasteiger partial charge in [0.25, 0.3) is 5.56 Å². The number of benzene rings is 3. The normalized spacial score (nSPS) is 18.0. The second-order valence-electron chi connectivity index (χ2n) is 10.3. The number of amides is 1. The largest absolute Gasteiger partial charge is 0.368 e. The van der Waals surface area contributed by atoms with Gasteiger partial charge in [-0.1, -0.05) is 41.9 Å². The third kappa shape index (κ3) is 5.11. The zero-order valence-corrected chi connectivity index (χ0v) is 22.3. The van der Waals surface area contributed by atoms with Gasteiger partial charge in [-0.2, -0.15) is 0 Å². The number of hydrogen-bond acceptors (Lipinski definition) is 4. The minimum absolute atomic E-state index is 0.139. The quantitative estimate of drug-likeness (QED) is 0.366. The van der Waals surface area contributed by atoms with Crippen molar-refractivity contribution >= 4 is 39.8 Å². The number of piperazine rings is 1. The van der Waals surface area contributed by atoms with E-state index >= 15 is 0 Å². The molecule has 4 aromatic rings. The highest BCUT2D eigenvalue weighted by Gasteiger charge is 2.33. The van der Waals surface area contributed by atoms with Crippen LogP contribution in [0.1, 0.15) is 12.8 Å². The van der Waals surface area contributed by atoms with Crippen LogP contribution in [0.2, 0.25) is 5.02 Å². The Morgan fingerprint density at radius 3 is 2.38 bits per heavy atom. The van der Waals surface area contributed by atoms with E-state index in [9.17, 15) is 14.0 Å². The smallest absolute Gasteiger partial charge is 0.272 e. The Kier molecular flexibility index (Phi) is 7.00. The molecule has 0 bridgehead atoms. The number of halogens is 2. The lowest BCUT2D eigenvalue weighted by Crippen LogP contribution is -2.53. The number of aromatic nitrogens is 1. The summed E-state index contributed by atoms with van der Waals surface area (Å²) in [6.45, 7) is 3.85. The van der Waals surface area contributed by atoms with Crippen molar-refractivity contribution in [3.8, 4) is 11.1 Å². The second kappa shape index (κ2) is 10.7. The molecule has 0 aliphatic carbocycles. The summed E-state index contributed by atoms with van der Waals surface area (Å²) in [4.78, 5) is 36.4. The van der Waals surface area contributed by atoms with Crippen molar-refractivity contribution in [1.29, 1.82) is 0 Å². The number of H-pyrrole nitrogens is 1. The summed E-state index contributed by atoms with van der Waals surface area (Å²) in [5.41, 5.74) is 3.92. The van der Waals surface area contributed by atoms with E-state index in [1.54, 1.807) is 18.2 Å². The molecule has 6 nitrogen and oxygen atoms in total. The van der Waals surface area contributed by atoms with Crippen molar-refractivity contribution in [2.75, 3.05) is 49.1 Å². The molecule has 1 amide bonds. The van der Waals surface area contributed by atoms with Crippen LogP contribution in [0.4, 0.5) is 15.8 Å². The topological polar surface area (TPSA) is 59.7 Å². The third-order valence-corrected chi connectivity index (χ3v) is 8.12. The van der Waals surface area contributed by atoms with Gasteiger partial charge in [-0.25, -0.2) is 4.39 Å². The summed E-state index contributed by atoms with van der Waals surface area (Å²) in [5.74, 6) is -0.299. The molecule has 2 aliphatic heterocycles. The zero-order valence-electron chi connectivity index (χ0n) is 21.6. The lowest BCUT2D eigenvalue weighted by molar-refractivity contribution is -0.136. The summed E-state index contributed by atoms with van der Waals surface area (Å²) in [7, 11) is 0. The van der Waals surface area contributed by atoms with E-state index in [0.29, 0.717) is 50.0 Å². The fraction of sp³-hybridized carbons (Fsp3) is 0.290. The van der Waals surface area contributed by atoms with Gasteiger partial charge < -0.3 is 19.7 Å². The van der Waals surface area contributed by atoms with Gasteiger partial charge in [0, 0.05) is 66.4 Å². The maximum Gasteiger partial charge on any atom is 0.272 e. The van der Waals surface area contributed by atoms with Crippen molar-refractivity contribution in [1.82, 2.24) is 9.88 Å². The van der Waals surface area contributed by atoms with E-state index in [4.69, 9.17) is 11.6 Å². The number of hydrogen-bond donors (Lipinski definition) is 1. The maximum atomic E-state index is 13.6. The van der Waals surface area contributed by atoms with Crippen LogP contribution in [-0.2, 0) is 4.79 Å². The molecule has 1 aromatic heterocycles. The molecule has 2 fully saturated rings. The number of carbonyl (C=O) groups is 1. The number of carbonyl (C=O) groups excluding carboxylic acids is 1. The van der Waals surface area contributed by atoms with Crippen LogP contribution in [0.3, 0.4) is 0 Å². The lowest BCUT2D eigenvalue weighted by atomic mass is 9.93. The number of rotatable bonds is 4. The van der Waals surface area contributed by atoms with Crippen LogP contribution in [-0.4, -0.2) is 55.1 Å². The van der Waals surface area contributed by atoms with Crippen molar-refractivity contribution in [2.24, 2.45) is 5.92 Å². The number of aromatic amines is 1. The third-order valence-electron chi connectivity index (χ3n) is 7.88. The Morgan fingerprint density at radius 1 is 0.897 bits per heavy atom. The first-order valence-electron chi connectivity index (χ1n) is 13.4. The first kappa shape index (κ1) is 25.4. The van der Waals surface area contributed by atoms with E-state index in [2.05, 4.69) is 14.8 Å². The molecule has 0 spiro atoms. The highest BCUT2D eigenvalue weighted by molar-refractivity contribution is 6.31. The fourth-order valence-corrected chi connectivity index (χ4v) is 6.10. The summed E-state index contributed by atoms with van der Waals surface area (Å²) in [6, 6.07) is 21.9. The van der Waals surface area contributed by atoms with Gasteiger partial charge in [-0.3, -0.25) is 9.59 Å². The number of nitrogens with zero attached hydrogens (tertiary/aromatic N) is 3. The molecule has 2 saturated heterocycles. The van der Waals surface area contributed by atoms with Gasteiger partial charge in [-0.15, -0.1) is 0 Å². The average molecular weight is 545 g/mol. The van der Waals surface area contributed by atoms with Gasteiger partial charge in [-0.05, 0) is 60.9 Å². The Labute approximate surface area is 231 Å². The molecule has 200 valence electrons. The molecule has 1 N–H and O–H groups in total. The summed E-state index contributed by atoms with van der Waals surface area (Å²) in [5, 5.41) is 1.48. The average Bonchev–Trinajstić information content (AvgIpc) is 2.97. The first-order valence-corrected chi connectivity index (χ1v) is 13.8. The molecule has 0 radical (unpaired) electrons. The van der Waals surface area contributed by atoms with Crippen molar-refractivity contribution in [3.05, 3.63) is 94.0 Å². The van der Waals surface area contributed by atoms with Crippen LogP contribution in [0.5, 0.6) is 0 Å². The number of nitrogens with one attached hydrogen (secondary N) is 1. The molecule has 8 heteroatoms. The maximum absolute atomic E-state index is 13.6. The Morgan fingerprint density at radius 2 is 1.64 bits per heavy atom. The Bertz CT molecular complexity index is 1550. The van der Waals surface area contributed by atoms with E-state index in [1.165, 1.54) is 12.1 Å². The number of piperidine rings is 1. The minimum atomic E-state index is -0.252. The zero-order chi connectivity index (χ0) is 26.9. The molecule has 2 aliphatic rings. The predicted octanol–water partition coefficient (Wildman–Crippen LogP) is 5.55. The van der Waals surface area contributed by atoms with Crippen molar-refractivity contribution in [3.63, 3.8) is 0 Å². The lowest BCUT2D eigenvalue weighted by Gasteiger charge is -2.40. The van der Waals surface area contributed by atoms with Gasteiger partial charge in [0.2, 0.25) is 5.91 Å². The van der Waals surface area contributed by atoms with Gasteiger partial charge in [0.15, 0.2) is 0 Å². The standard InChI is InChI=1S/C31H30ClFN4O2/c32-23-8-13-27-26(19-23)28(21-5-2-1-3-6-21)29(30(38)34-27)37-14-4-7-22(20-37)31(39)36-17-15-35(16-18-36)25-11-9-24(33)10-12-25/h1-3,5-6,8-13,19,22H,4,7,14-18,20H2,(H,34,38)/t22-/m0/s1. The van der Waals surface area contributed by atoms with E-state index in [1.807, 2.05) is 47.4 Å². The number of fused-ring (bicyclic) bond motifs is 1. The van der Waals surface area contributed by atoms with Gasteiger partial charge in [0.1, 0.15) is 11.5 Å². The molecule has 1 atom stereocenters. The van der Waals surface area contributed by atoms with Crippen LogP contribution in [0.15, 0.2) is 77.6 Å². The van der Waals surface area contributed by atoms with E-state index in [0.717, 1.165) is 40.6 Å². The van der Waals surface area contributed by atoms with E-state index in [-0.39, 0.29) is 23.2 Å². The van der Waals surface area contributed by atoms with Crippen LogP contribution >= 0.6 is 11.6 Å². The van der Waals surface area contributed by atoms with Gasteiger partial charge >= 0.3 is 0 Å². The number of pyridine rings is 1. The molecule has 3 aromatic carbocycles. The van der Waals surface area contributed by atoms with Crippen LogP contribution < -0.4 is 15.4 Å². The molecule has 39 heavy (non-hydrogen) atoms. The van der Waals surface area contributed by atoms with Gasteiger partial charge in [0.05, 0.1) is 5.92 Å². The fourth-order valence-electron chi connectivity index (χ4n) is 5.93. The SMILES string of the molecule is O=C([C@H]1CCCN(c2c(-c3ccccc3)c3cc(Cl)ccc3[nH]c2=O)C1)N1CCN(c2ccc(F)cc2)CC1. The van der Waals surface area contributed by atoms with Crippen LogP contribution in [0, 0.1) is 11.7 Å². The summed E-state index contributed by atoms with van der Waals surface area (Å²) >= 11 is 6.39. The summed E-state index contributed by atoms with van der Waals surface area (Å²) in [6.07, 6.45) is 1.62. The second-order valence-corrected chi connectivity index (χ2v) is 10.7. The molecule has 3 heterocycles. The highest BCUT2D eigenvalue weighted by atomic mass is 35.5. The highest BCUT2D eigenvalue weighted by Crippen LogP contribution is 2.37. The Balaban J connectivity index is 1.25. The summed E-state index contributed by atoms with van der Waals surface area (Å²) < 4.78 is 13.3. The molecule has 6 rings (SSSR count). The first-order chi connectivity index (χ1) is 19.0. The molecule has 0 saturated carbocycles. The number of anilines is 2. The molecular weight excluding hydrogens is 515 g/mol. The Hall–Kier alpha value is -3.84. The van der Waals surface area contributed by atoms with Crippen molar-refractivity contribution < 1.29 is 9.18 Å².